The molecule has 0 aliphatic carbocycles. The van der Waals surface area contributed by atoms with Crippen LogP contribution in [-0.2, 0) is 9.47 Å². The van der Waals surface area contributed by atoms with Gasteiger partial charge in [-0.15, -0.1) is 0 Å². The standard InChI is InChI=1S/C26H31ClFNO3/c1-2-21-18-31-25(20-5-3-6-22(27)17-20)32-26(21)12-15-29(16-13-26)14-4-7-24(30)19-8-10-23(28)11-9-19/h3,5-6,8-11,17,21,25H,2,4,7,12-16,18H2,1H3. The molecule has 0 N–H and O–H groups in total. The lowest BCUT2D eigenvalue weighted by Gasteiger charge is -2.50. The smallest absolute Gasteiger partial charge is 0.184 e. The van der Waals surface area contributed by atoms with E-state index in [2.05, 4.69) is 11.8 Å². The number of benzene rings is 2. The Kier molecular flexibility index (Phi) is 7.62. The predicted molar refractivity (Wildman–Crippen MR) is 123 cm³/mol. The summed E-state index contributed by atoms with van der Waals surface area (Å²) in [5.74, 6) is 0.129. The number of nitrogens with zero attached hydrogens (tertiary/aromatic N) is 1. The van der Waals surface area contributed by atoms with Gasteiger partial charge in [-0.3, -0.25) is 4.79 Å². The second-order valence-electron chi connectivity index (χ2n) is 8.88. The minimum absolute atomic E-state index is 0.0710. The Morgan fingerprint density at radius 2 is 1.94 bits per heavy atom. The van der Waals surface area contributed by atoms with Gasteiger partial charge in [-0.1, -0.05) is 30.7 Å². The van der Waals surface area contributed by atoms with Crippen LogP contribution in [0.25, 0.3) is 0 Å². The fourth-order valence-electron chi connectivity index (χ4n) is 4.93. The molecule has 32 heavy (non-hydrogen) atoms. The molecule has 1 spiro atoms. The summed E-state index contributed by atoms with van der Waals surface area (Å²) in [5, 5.41) is 0.686. The van der Waals surface area contributed by atoms with Crippen molar-refractivity contribution in [1.82, 2.24) is 4.90 Å². The maximum Gasteiger partial charge on any atom is 0.184 e. The quantitative estimate of drug-likeness (QED) is 0.472. The number of ketones is 1. The minimum Gasteiger partial charge on any atom is -0.348 e. The molecule has 2 unspecified atom stereocenters. The number of piperidine rings is 1. The lowest BCUT2D eigenvalue weighted by atomic mass is 9.77. The fourth-order valence-corrected chi connectivity index (χ4v) is 5.13. The topological polar surface area (TPSA) is 38.8 Å². The molecular formula is C26H31ClFNO3. The Labute approximate surface area is 194 Å². The summed E-state index contributed by atoms with van der Waals surface area (Å²) in [4.78, 5) is 14.8. The SMILES string of the molecule is CCC1COC(c2cccc(Cl)c2)OC12CCN(CCCC(=O)c1ccc(F)cc1)CC2. The summed E-state index contributed by atoms with van der Waals surface area (Å²) >= 11 is 6.17. The number of ether oxygens (including phenoxy) is 2. The van der Waals surface area contributed by atoms with Gasteiger partial charge in [-0.05, 0) is 68.6 Å². The van der Waals surface area contributed by atoms with Crippen LogP contribution in [0.5, 0.6) is 0 Å². The number of hydrogen-bond acceptors (Lipinski definition) is 4. The van der Waals surface area contributed by atoms with E-state index in [1.54, 1.807) is 12.1 Å². The predicted octanol–water partition coefficient (Wildman–Crippen LogP) is 6.05. The molecular weight excluding hydrogens is 429 g/mol. The molecule has 2 heterocycles. The molecule has 0 bridgehead atoms. The molecule has 0 aromatic heterocycles. The number of carbonyl (C=O) groups excluding carboxylic acids is 1. The molecule has 4 rings (SSSR count). The van der Waals surface area contributed by atoms with Gasteiger partial charge in [0.1, 0.15) is 5.82 Å². The fraction of sp³-hybridized carbons (Fsp3) is 0.500. The Morgan fingerprint density at radius 3 is 2.62 bits per heavy atom. The zero-order valence-electron chi connectivity index (χ0n) is 18.6. The molecule has 2 saturated heterocycles. The molecule has 2 fully saturated rings. The van der Waals surface area contributed by atoms with E-state index in [4.69, 9.17) is 21.1 Å². The number of halogens is 2. The molecule has 0 amide bonds. The van der Waals surface area contributed by atoms with Crippen molar-refractivity contribution >= 4 is 17.4 Å². The van der Waals surface area contributed by atoms with Gasteiger partial charge in [-0.2, -0.15) is 0 Å². The van der Waals surface area contributed by atoms with Crippen LogP contribution >= 0.6 is 11.6 Å². The highest BCUT2D eigenvalue weighted by atomic mass is 35.5. The van der Waals surface area contributed by atoms with Gasteiger partial charge in [0.05, 0.1) is 12.2 Å². The van der Waals surface area contributed by atoms with Gasteiger partial charge >= 0.3 is 0 Å². The van der Waals surface area contributed by atoms with Crippen molar-refractivity contribution in [2.45, 2.75) is 50.9 Å². The number of hydrogen-bond donors (Lipinski definition) is 0. The normalized spacial score (nSPS) is 23.3. The average Bonchev–Trinajstić information content (AvgIpc) is 2.81. The van der Waals surface area contributed by atoms with Crippen molar-refractivity contribution in [2.24, 2.45) is 5.92 Å². The number of likely N-dealkylation sites (tertiary alicyclic amines) is 1. The number of Topliss-reactive ketones (excluding diaryl/α,β-unsaturated/α-hetero) is 1. The van der Waals surface area contributed by atoms with Crippen LogP contribution in [0, 0.1) is 11.7 Å². The lowest BCUT2D eigenvalue weighted by Crippen LogP contribution is -2.55. The number of carbonyl (C=O) groups is 1. The second-order valence-corrected chi connectivity index (χ2v) is 9.32. The molecule has 2 atom stereocenters. The highest BCUT2D eigenvalue weighted by Gasteiger charge is 2.47. The summed E-state index contributed by atoms with van der Waals surface area (Å²) in [5.41, 5.74) is 1.37. The Balaban J connectivity index is 1.30. The van der Waals surface area contributed by atoms with E-state index in [9.17, 15) is 9.18 Å². The van der Waals surface area contributed by atoms with Crippen LogP contribution in [0.3, 0.4) is 0 Å². The van der Waals surface area contributed by atoms with Crippen molar-refractivity contribution < 1.29 is 18.7 Å². The molecule has 4 nitrogen and oxygen atoms in total. The maximum atomic E-state index is 13.0. The van der Waals surface area contributed by atoms with Crippen molar-refractivity contribution in [2.75, 3.05) is 26.2 Å². The van der Waals surface area contributed by atoms with Crippen LogP contribution in [0.4, 0.5) is 4.39 Å². The van der Waals surface area contributed by atoms with Gasteiger partial charge in [0.2, 0.25) is 0 Å². The van der Waals surface area contributed by atoms with Crippen LogP contribution < -0.4 is 0 Å². The summed E-state index contributed by atoms with van der Waals surface area (Å²) in [6.45, 7) is 5.67. The first-order valence-corrected chi connectivity index (χ1v) is 11.9. The summed E-state index contributed by atoms with van der Waals surface area (Å²) < 4.78 is 25.7. The second kappa shape index (κ2) is 10.4. The molecule has 6 heteroatoms. The Hall–Kier alpha value is -1.79. The van der Waals surface area contributed by atoms with Gasteiger partial charge in [0, 0.05) is 41.6 Å². The molecule has 172 valence electrons. The van der Waals surface area contributed by atoms with Crippen LogP contribution in [0.15, 0.2) is 48.5 Å². The van der Waals surface area contributed by atoms with Gasteiger partial charge in [0.15, 0.2) is 12.1 Å². The van der Waals surface area contributed by atoms with E-state index in [1.807, 2.05) is 24.3 Å². The maximum absolute atomic E-state index is 13.0. The first-order chi connectivity index (χ1) is 15.5. The number of rotatable bonds is 7. The Morgan fingerprint density at radius 1 is 1.19 bits per heavy atom. The molecule has 2 aromatic carbocycles. The molecule has 2 aliphatic rings. The molecule has 2 aromatic rings. The zero-order chi connectivity index (χ0) is 22.6. The summed E-state index contributed by atoms with van der Waals surface area (Å²) in [7, 11) is 0. The third kappa shape index (κ3) is 5.40. The summed E-state index contributed by atoms with van der Waals surface area (Å²) in [6.07, 6.45) is 3.84. The van der Waals surface area contributed by atoms with Crippen molar-refractivity contribution in [3.8, 4) is 0 Å². The molecule has 0 radical (unpaired) electrons. The third-order valence-electron chi connectivity index (χ3n) is 6.89. The van der Waals surface area contributed by atoms with Crippen LogP contribution in [0.2, 0.25) is 5.02 Å². The van der Waals surface area contributed by atoms with Crippen LogP contribution in [-0.4, -0.2) is 42.5 Å². The van der Waals surface area contributed by atoms with E-state index in [-0.39, 0.29) is 23.5 Å². The zero-order valence-corrected chi connectivity index (χ0v) is 19.3. The largest absolute Gasteiger partial charge is 0.348 e. The van der Waals surface area contributed by atoms with Crippen molar-refractivity contribution in [3.63, 3.8) is 0 Å². The van der Waals surface area contributed by atoms with E-state index in [0.29, 0.717) is 29.5 Å². The molecule has 0 saturated carbocycles. The van der Waals surface area contributed by atoms with Crippen molar-refractivity contribution in [3.05, 3.63) is 70.5 Å². The molecule has 2 aliphatic heterocycles. The highest BCUT2D eigenvalue weighted by molar-refractivity contribution is 6.30. The van der Waals surface area contributed by atoms with E-state index >= 15 is 0 Å². The van der Waals surface area contributed by atoms with E-state index < -0.39 is 0 Å². The van der Waals surface area contributed by atoms with E-state index in [1.165, 1.54) is 12.1 Å². The third-order valence-corrected chi connectivity index (χ3v) is 7.13. The van der Waals surface area contributed by atoms with Gasteiger partial charge in [0.25, 0.3) is 0 Å². The summed E-state index contributed by atoms with van der Waals surface area (Å²) in [6, 6.07) is 13.5. The first-order valence-electron chi connectivity index (χ1n) is 11.5. The van der Waals surface area contributed by atoms with E-state index in [0.717, 1.165) is 50.9 Å². The average molecular weight is 460 g/mol. The Bertz CT molecular complexity index is 912. The van der Waals surface area contributed by atoms with Crippen molar-refractivity contribution in [1.29, 1.82) is 0 Å². The lowest BCUT2D eigenvalue weighted by molar-refractivity contribution is -0.298. The first kappa shape index (κ1) is 23.4. The highest BCUT2D eigenvalue weighted by Crippen LogP contribution is 2.44. The minimum atomic E-state index is -0.378. The monoisotopic (exact) mass is 459 g/mol. The van der Waals surface area contributed by atoms with Crippen LogP contribution in [0.1, 0.15) is 61.2 Å². The van der Waals surface area contributed by atoms with Gasteiger partial charge in [-0.25, -0.2) is 4.39 Å². The van der Waals surface area contributed by atoms with Gasteiger partial charge < -0.3 is 14.4 Å².